The predicted molar refractivity (Wildman–Crippen MR) is 126 cm³/mol. The second kappa shape index (κ2) is 10.7. The van der Waals surface area contributed by atoms with Crippen LogP contribution in [0.15, 0.2) is 59.0 Å². The molecular weight excluding hydrogens is 462 g/mol. The largest absolute Gasteiger partial charge is 0.465 e. The van der Waals surface area contributed by atoms with Crippen molar-refractivity contribution in [2.45, 2.75) is 13.0 Å². The van der Waals surface area contributed by atoms with Crippen LogP contribution < -0.4 is 10.1 Å². The van der Waals surface area contributed by atoms with Gasteiger partial charge in [0.15, 0.2) is 0 Å². The molecule has 0 spiro atoms. The molecule has 1 aromatic heterocycles. The van der Waals surface area contributed by atoms with Crippen LogP contribution in [0.3, 0.4) is 0 Å². The van der Waals surface area contributed by atoms with Gasteiger partial charge < -0.3 is 19.2 Å². The maximum atomic E-state index is 12.8. The molecule has 1 atom stereocenters. The van der Waals surface area contributed by atoms with Gasteiger partial charge in [0.25, 0.3) is 5.91 Å². The van der Waals surface area contributed by atoms with Gasteiger partial charge in [0.2, 0.25) is 5.75 Å². The van der Waals surface area contributed by atoms with Gasteiger partial charge in [-0.2, -0.15) is 0 Å². The average molecular weight is 486 g/mol. The van der Waals surface area contributed by atoms with Gasteiger partial charge in [-0.25, -0.2) is 0 Å². The molecule has 0 radical (unpaired) electrons. The Balaban J connectivity index is 1.41. The summed E-state index contributed by atoms with van der Waals surface area (Å²) in [4.78, 5) is 25.7. The number of carbonyl (C=O) groups is 1. The van der Waals surface area contributed by atoms with Crippen LogP contribution in [0.5, 0.6) is 11.5 Å². The highest BCUT2D eigenvalue weighted by atomic mass is 35.5. The van der Waals surface area contributed by atoms with Crippen LogP contribution in [-0.2, 0) is 4.74 Å². The van der Waals surface area contributed by atoms with E-state index >= 15 is 0 Å². The second-order valence-corrected chi connectivity index (χ2v) is 8.25. The molecule has 1 N–H and O–H groups in total. The van der Waals surface area contributed by atoms with Gasteiger partial charge in [-0.3, -0.25) is 19.8 Å². The lowest BCUT2D eigenvalue weighted by molar-refractivity contribution is -0.385. The zero-order chi connectivity index (χ0) is 24.1. The van der Waals surface area contributed by atoms with Gasteiger partial charge in [0.05, 0.1) is 24.2 Å². The molecule has 1 aliphatic heterocycles. The number of amides is 1. The summed E-state index contributed by atoms with van der Waals surface area (Å²) in [6, 6.07) is 14.3. The van der Waals surface area contributed by atoms with Crippen LogP contribution >= 0.6 is 11.6 Å². The fraction of sp³-hybridized carbons (Fsp3) is 0.292. The SMILES string of the molecule is Cc1ccc(C(CNC(=O)c2ccc(Oc3ccc(Cl)cc3[N+](=O)[O-])cc2)N2CCOCC2)o1. The van der Waals surface area contributed by atoms with E-state index in [4.69, 9.17) is 25.5 Å². The van der Waals surface area contributed by atoms with Crippen molar-refractivity contribution in [3.63, 3.8) is 0 Å². The highest BCUT2D eigenvalue weighted by Gasteiger charge is 2.26. The summed E-state index contributed by atoms with van der Waals surface area (Å²) in [5.74, 6) is 1.79. The first-order valence-corrected chi connectivity index (χ1v) is 11.2. The Morgan fingerprint density at radius 1 is 1.18 bits per heavy atom. The summed E-state index contributed by atoms with van der Waals surface area (Å²) in [6.07, 6.45) is 0. The summed E-state index contributed by atoms with van der Waals surface area (Å²) in [5.41, 5.74) is 0.200. The first-order chi connectivity index (χ1) is 16.4. The fourth-order valence-corrected chi connectivity index (χ4v) is 3.91. The van der Waals surface area contributed by atoms with E-state index in [2.05, 4.69) is 10.2 Å². The molecule has 1 unspecified atom stereocenters. The van der Waals surface area contributed by atoms with E-state index in [1.165, 1.54) is 18.2 Å². The van der Waals surface area contributed by atoms with Crippen LogP contribution in [0.25, 0.3) is 0 Å². The molecule has 9 nitrogen and oxygen atoms in total. The molecule has 1 fully saturated rings. The zero-order valence-electron chi connectivity index (χ0n) is 18.5. The number of hydrogen-bond donors (Lipinski definition) is 1. The topological polar surface area (TPSA) is 107 Å². The number of nitro benzene ring substituents is 1. The Morgan fingerprint density at radius 3 is 2.56 bits per heavy atom. The van der Waals surface area contributed by atoms with E-state index in [1.54, 1.807) is 24.3 Å². The van der Waals surface area contributed by atoms with E-state index in [0.717, 1.165) is 24.6 Å². The van der Waals surface area contributed by atoms with Crippen molar-refractivity contribution in [3.05, 3.63) is 86.8 Å². The zero-order valence-corrected chi connectivity index (χ0v) is 19.3. The van der Waals surface area contributed by atoms with Crippen molar-refractivity contribution in [1.29, 1.82) is 0 Å². The number of hydrogen-bond acceptors (Lipinski definition) is 7. The molecule has 1 amide bonds. The van der Waals surface area contributed by atoms with Gasteiger partial charge in [-0.15, -0.1) is 0 Å². The molecule has 178 valence electrons. The van der Waals surface area contributed by atoms with Crippen molar-refractivity contribution in [3.8, 4) is 11.5 Å². The van der Waals surface area contributed by atoms with E-state index in [1.807, 2.05) is 19.1 Å². The molecule has 1 aliphatic rings. The fourth-order valence-electron chi connectivity index (χ4n) is 3.74. The van der Waals surface area contributed by atoms with E-state index in [0.29, 0.717) is 31.1 Å². The monoisotopic (exact) mass is 485 g/mol. The highest BCUT2D eigenvalue weighted by molar-refractivity contribution is 6.30. The molecule has 2 aromatic carbocycles. The summed E-state index contributed by atoms with van der Waals surface area (Å²) in [7, 11) is 0. The number of halogens is 1. The summed E-state index contributed by atoms with van der Waals surface area (Å²) >= 11 is 5.84. The molecule has 4 rings (SSSR count). The van der Waals surface area contributed by atoms with Crippen LogP contribution in [-0.4, -0.2) is 48.6 Å². The van der Waals surface area contributed by atoms with Gasteiger partial charge in [-0.05, 0) is 55.5 Å². The Kier molecular flexibility index (Phi) is 7.46. The summed E-state index contributed by atoms with van der Waals surface area (Å²) < 4.78 is 16.9. The lowest BCUT2D eigenvalue weighted by Crippen LogP contribution is -2.43. The molecule has 2 heterocycles. The average Bonchev–Trinajstić information content (AvgIpc) is 3.27. The van der Waals surface area contributed by atoms with Crippen LogP contribution in [0.1, 0.15) is 27.9 Å². The molecule has 34 heavy (non-hydrogen) atoms. The van der Waals surface area contributed by atoms with E-state index in [9.17, 15) is 14.9 Å². The predicted octanol–water partition coefficient (Wildman–Crippen LogP) is 4.75. The smallest absolute Gasteiger partial charge is 0.313 e. The summed E-state index contributed by atoms with van der Waals surface area (Å²) in [5, 5.41) is 14.5. The Hall–Kier alpha value is -3.40. The Bertz CT molecular complexity index is 1160. The van der Waals surface area contributed by atoms with E-state index in [-0.39, 0.29) is 28.4 Å². The van der Waals surface area contributed by atoms with Crippen LogP contribution in [0.4, 0.5) is 5.69 Å². The third-order valence-corrected chi connectivity index (χ3v) is 5.73. The van der Waals surface area contributed by atoms with Gasteiger partial charge in [-0.1, -0.05) is 11.6 Å². The number of nitrogens with one attached hydrogen (secondary N) is 1. The third kappa shape index (κ3) is 5.74. The van der Waals surface area contributed by atoms with Crippen LogP contribution in [0.2, 0.25) is 5.02 Å². The number of ether oxygens (including phenoxy) is 2. The normalized spacial score (nSPS) is 15.0. The molecule has 0 aliphatic carbocycles. The number of nitro groups is 1. The van der Waals surface area contributed by atoms with Crippen molar-refractivity contribution in [2.24, 2.45) is 0 Å². The molecule has 0 saturated carbocycles. The first kappa shape index (κ1) is 23.7. The maximum Gasteiger partial charge on any atom is 0.313 e. The second-order valence-electron chi connectivity index (χ2n) is 7.82. The van der Waals surface area contributed by atoms with Crippen molar-refractivity contribution >= 4 is 23.2 Å². The number of benzene rings is 2. The quantitative estimate of drug-likeness (QED) is 0.362. The lowest BCUT2D eigenvalue weighted by atomic mass is 10.1. The minimum absolute atomic E-state index is 0.0636. The number of furan rings is 1. The first-order valence-electron chi connectivity index (χ1n) is 10.8. The summed E-state index contributed by atoms with van der Waals surface area (Å²) in [6.45, 7) is 5.04. The Labute approximate surface area is 201 Å². The van der Waals surface area contributed by atoms with E-state index < -0.39 is 4.92 Å². The molecule has 3 aromatic rings. The number of rotatable bonds is 8. The number of nitrogens with zero attached hydrogens (tertiary/aromatic N) is 2. The lowest BCUT2D eigenvalue weighted by Gasteiger charge is -2.33. The molecule has 10 heteroatoms. The minimum Gasteiger partial charge on any atom is -0.465 e. The number of aryl methyl sites for hydroxylation is 1. The highest BCUT2D eigenvalue weighted by Crippen LogP contribution is 2.33. The molecule has 0 bridgehead atoms. The number of morpholine rings is 1. The van der Waals surface area contributed by atoms with Crippen molar-refractivity contribution in [2.75, 3.05) is 32.8 Å². The molecular formula is C24H24ClN3O6. The van der Waals surface area contributed by atoms with Crippen molar-refractivity contribution < 1.29 is 23.6 Å². The third-order valence-electron chi connectivity index (χ3n) is 5.49. The van der Waals surface area contributed by atoms with Gasteiger partial charge in [0, 0.05) is 36.3 Å². The minimum atomic E-state index is -0.561. The van der Waals surface area contributed by atoms with Gasteiger partial charge >= 0.3 is 5.69 Å². The van der Waals surface area contributed by atoms with Crippen LogP contribution in [0, 0.1) is 17.0 Å². The standard InChI is InChI=1S/C24H24ClN3O6/c1-16-2-8-23(33-16)21(27-10-12-32-13-11-27)15-26-24(29)17-3-6-19(7-4-17)34-22-9-5-18(25)14-20(22)28(30)31/h2-9,14,21H,10-13,15H2,1H3,(H,26,29). The maximum absolute atomic E-state index is 12.8. The Morgan fingerprint density at radius 2 is 1.91 bits per heavy atom. The van der Waals surface area contributed by atoms with Crippen molar-refractivity contribution in [1.82, 2.24) is 10.2 Å². The van der Waals surface area contributed by atoms with Gasteiger partial charge in [0.1, 0.15) is 17.3 Å². The molecule has 1 saturated heterocycles. The number of carbonyl (C=O) groups excluding carboxylic acids is 1.